The largest absolute Gasteiger partial charge is 0.0902 e. The third-order valence-electron chi connectivity index (χ3n) is 2.91. The van der Waals surface area contributed by atoms with Gasteiger partial charge in [-0.15, -0.1) is 0 Å². The van der Waals surface area contributed by atoms with Crippen molar-refractivity contribution < 1.29 is 0 Å². The van der Waals surface area contributed by atoms with Gasteiger partial charge in [-0.3, -0.25) is 0 Å². The van der Waals surface area contributed by atoms with Crippen molar-refractivity contribution in [1.29, 1.82) is 0 Å². The fourth-order valence-corrected chi connectivity index (χ4v) is 8.93. The van der Waals surface area contributed by atoms with E-state index in [1.54, 1.807) is 0 Å². The smallest absolute Gasteiger partial charge is 0.0566 e. The number of rotatable bonds is 3. The maximum Gasteiger partial charge on any atom is 0.0566 e. The normalized spacial score (nSPS) is 21.5. The molecule has 4 rings (SSSR count). The van der Waals surface area contributed by atoms with Gasteiger partial charge in [0.1, 0.15) is 0 Å². The molecule has 0 radical (unpaired) electrons. The van der Waals surface area contributed by atoms with E-state index in [1.165, 1.54) is 28.1 Å². The van der Waals surface area contributed by atoms with Crippen molar-refractivity contribution in [2.24, 2.45) is 0 Å². The molecule has 4 aliphatic heterocycles. The molecule has 122 valence electrons. The van der Waals surface area contributed by atoms with Crippen molar-refractivity contribution >= 4 is 94.1 Å². The van der Waals surface area contributed by atoms with Crippen LogP contribution < -0.4 is 0 Å². The standard InChI is InChI=1S/C16H10S8/c1-2-18-13(17-1)9-11(15-21-5-6-22-15)12(16-23-7-8-24-16)10-14-19-3-4-20-14/h1-10H. The minimum atomic E-state index is 1.34. The quantitative estimate of drug-likeness (QED) is 0.406. The fraction of sp³-hybridized carbons (Fsp3) is 0. The van der Waals surface area contributed by atoms with E-state index in [-0.39, 0.29) is 0 Å². The molecule has 0 saturated heterocycles. The molecule has 0 fully saturated rings. The van der Waals surface area contributed by atoms with Crippen LogP contribution in [0.15, 0.2) is 83.5 Å². The molecule has 0 bridgehead atoms. The maximum atomic E-state index is 2.36. The second-order valence-electron chi connectivity index (χ2n) is 4.36. The molecule has 0 atom stereocenters. The van der Waals surface area contributed by atoms with Gasteiger partial charge in [0.2, 0.25) is 0 Å². The molecule has 0 spiro atoms. The van der Waals surface area contributed by atoms with Gasteiger partial charge in [-0.1, -0.05) is 94.1 Å². The Kier molecular flexibility index (Phi) is 6.85. The Bertz CT molecular complexity index is 670. The number of hydrogen-bond donors (Lipinski definition) is 0. The van der Waals surface area contributed by atoms with Gasteiger partial charge >= 0.3 is 0 Å². The topological polar surface area (TPSA) is 0 Å². The van der Waals surface area contributed by atoms with E-state index in [2.05, 4.69) is 55.4 Å². The zero-order valence-corrected chi connectivity index (χ0v) is 18.6. The number of thioether (sulfide) groups is 8. The van der Waals surface area contributed by atoms with Crippen LogP contribution in [0.3, 0.4) is 0 Å². The van der Waals surface area contributed by atoms with E-state index in [9.17, 15) is 0 Å². The predicted octanol–water partition coefficient (Wildman–Crippen LogP) is 8.90. The first kappa shape index (κ1) is 18.1. The summed E-state index contributed by atoms with van der Waals surface area (Å²) in [6.45, 7) is 0. The monoisotopic (exact) mass is 458 g/mol. The first-order valence-corrected chi connectivity index (χ1v) is 13.8. The molecule has 0 saturated carbocycles. The highest BCUT2D eigenvalue weighted by atomic mass is 32.2. The van der Waals surface area contributed by atoms with Gasteiger partial charge in [0, 0.05) is 19.6 Å². The summed E-state index contributed by atoms with van der Waals surface area (Å²) in [6.07, 6.45) is 4.71. The lowest BCUT2D eigenvalue weighted by Gasteiger charge is -2.13. The van der Waals surface area contributed by atoms with Crippen LogP contribution in [0.5, 0.6) is 0 Å². The lowest BCUT2D eigenvalue weighted by atomic mass is 10.1. The SMILES string of the molecule is C1=CSC(=CC(=C2SC=CS2)C(C=C2SC=CS2)=C2SC=CS2)S1. The van der Waals surface area contributed by atoms with Crippen LogP contribution >= 0.6 is 94.1 Å². The van der Waals surface area contributed by atoms with E-state index in [0.29, 0.717) is 0 Å². The van der Waals surface area contributed by atoms with E-state index in [0.717, 1.165) is 0 Å². The van der Waals surface area contributed by atoms with Gasteiger partial charge in [-0.05, 0) is 55.4 Å². The minimum absolute atomic E-state index is 1.34. The van der Waals surface area contributed by atoms with E-state index < -0.39 is 0 Å². The Morgan fingerprint density at radius 3 is 1.08 bits per heavy atom. The second kappa shape index (κ2) is 9.08. The van der Waals surface area contributed by atoms with E-state index in [1.807, 2.05) is 94.1 Å². The Morgan fingerprint density at radius 1 is 0.458 bits per heavy atom. The van der Waals surface area contributed by atoms with Gasteiger partial charge in [0.15, 0.2) is 0 Å². The molecule has 0 nitrogen and oxygen atoms in total. The molecule has 8 heteroatoms. The Balaban J connectivity index is 1.77. The van der Waals surface area contributed by atoms with Crippen molar-refractivity contribution in [2.75, 3.05) is 0 Å². The van der Waals surface area contributed by atoms with Crippen LogP contribution in [-0.2, 0) is 0 Å². The van der Waals surface area contributed by atoms with E-state index in [4.69, 9.17) is 0 Å². The lowest BCUT2D eigenvalue weighted by Crippen LogP contribution is -1.90. The Labute approximate surface area is 176 Å². The van der Waals surface area contributed by atoms with E-state index >= 15 is 0 Å². The third-order valence-corrected chi connectivity index (χ3v) is 11.2. The molecule has 0 aromatic heterocycles. The van der Waals surface area contributed by atoms with Gasteiger partial charge in [0.05, 0.1) is 8.47 Å². The molecular formula is C16H10S8. The van der Waals surface area contributed by atoms with Crippen molar-refractivity contribution in [3.05, 3.63) is 83.5 Å². The minimum Gasteiger partial charge on any atom is -0.0902 e. The van der Waals surface area contributed by atoms with Crippen molar-refractivity contribution in [2.45, 2.75) is 0 Å². The van der Waals surface area contributed by atoms with Gasteiger partial charge in [0.25, 0.3) is 0 Å². The molecule has 24 heavy (non-hydrogen) atoms. The Morgan fingerprint density at radius 2 is 0.750 bits per heavy atom. The zero-order chi connectivity index (χ0) is 16.2. The number of hydrogen-bond acceptors (Lipinski definition) is 8. The fourth-order valence-electron chi connectivity index (χ4n) is 1.97. The molecule has 0 aromatic carbocycles. The molecule has 4 heterocycles. The van der Waals surface area contributed by atoms with Crippen LogP contribution in [0, 0.1) is 0 Å². The van der Waals surface area contributed by atoms with Gasteiger partial charge in [-0.2, -0.15) is 0 Å². The van der Waals surface area contributed by atoms with Crippen molar-refractivity contribution in [3.8, 4) is 0 Å². The summed E-state index contributed by atoms with van der Waals surface area (Å²) < 4.78 is 5.41. The van der Waals surface area contributed by atoms with Crippen LogP contribution in [0.4, 0.5) is 0 Å². The predicted molar refractivity (Wildman–Crippen MR) is 128 cm³/mol. The zero-order valence-electron chi connectivity index (χ0n) is 12.0. The maximum absolute atomic E-state index is 2.36. The highest BCUT2D eigenvalue weighted by Gasteiger charge is 2.20. The molecule has 0 unspecified atom stereocenters. The molecule has 0 amide bonds. The van der Waals surface area contributed by atoms with Crippen molar-refractivity contribution in [3.63, 3.8) is 0 Å². The average Bonchev–Trinajstić information content (AvgIpc) is 3.41. The summed E-state index contributed by atoms with van der Waals surface area (Å²) in [7, 11) is 0. The third kappa shape index (κ3) is 4.52. The van der Waals surface area contributed by atoms with Crippen LogP contribution in [0.25, 0.3) is 0 Å². The summed E-state index contributed by atoms with van der Waals surface area (Å²) in [5.74, 6) is 0. The first-order chi connectivity index (χ1) is 11.9. The average molecular weight is 459 g/mol. The highest BCUT2D eigenvalue weighted by Crippen LogP contribution is 2.51. The Hall–Kier alpha value is 0.720. The number of allylic oxidation sites excluding steroid dienone is 4. The molecule has 0 aromatic rings. The van der Waals surface area contributed by atoms with Crippen molar-refractivity contribution in [1.82, 2.24) is 0 Å². The summed E-state index contributed by atoms with van der Waals surface area (Å²) in [5, 5.41) is 17.3. The molecule has 0 N–H and O–H groups in total. The second-order valence-corrected chi connectivity index (χ2v) is 12.8. The molecule has 4 aliphatic rings. The van der Waals surface area contributed by atoms with Crippen LogP contribution in [0.1, 0.15) is 0 Å². The first-order valence-electron chi connectivity index (χ1n) is 6.76. The summed E-state index contributed by atoms with van der Waals surface area (Å²) in [6, 6.07) is 0. The highest BCUT2D eigenvalue weighted by molar-refractivity contribution is 8.29. The summed E-state index contributed by atoms with van der Waals surface area (Å²) in [5.41, 5.74) is 2.68. The lowest BCUT2D eigenvalue weighted by molar-refractivity contribution is 1.58. The summed E-state index contributed by atoms with van der Waals surface area (Å²) in [4.78, 5) is 0. The summed E-state index contributed by atoms with van der Waals surface area (Å²) >= 11 is 14.5. The van der Waals surface area contributed by atoms with Crippen LogP contribution in [-0.4, -0.2) is 0 Å². The molecule has 0 aliphatic carbocycles. The van der Waals surface area contributed by atoms with Gasteiger partial charge in [-0.25, -0.2) is 0 Å². The van der Waals surface area contributed by atoms with Crippen LogP contribution in [0.2, 0.25) is 0 Å². The molecular weight excluding hydrogens is 449 g/mol. The van der Waals surface area contributed by atoms with Gasteiger partial charge < -0.3 is 0 Å².